The summed E-state index contributed by atoms with van der Waals surface area (Å²) < 4.78 is 31.9. The molecular weight excluding hydrogens is 551 g/mol. The fraction of sp³-hybridized carbons (Fsp3) is 0.818. The van der Waals surface area contributed by atoms with Gasteiger partial charge in [0, 0.05) is 33.8 Å². The molecule has 0 aliphatic carbocycles. The molecule has 0 amide bonds. The SMILES string of the molecule is COC(=O)CCCCCCCCO[C@H]1O[C@H](COC(C)=O)[C@@H](OC(C)=O)[C@H](OC(C)=O)[C@@H]1I. The first-order valence-electron chi connectivity index (χ1n) is 11.1. The average molecular weight is 586 g/mol. The minimum Gasteiger partial charge on any atom is -0.469 e. The Labute approximate surface area is 208 Å². The summed E-state index contributed by atoms with van der Waals surface area (Å²) in [6.07, 6.45) is 2.71. The van der Waals surface area contributed by atoms with Gasteiger partial charge in [0.05, 0.1) is 7.11 Å². The molecular formula is C22H35IO10. The van der Waals surface area contributed by atoms with Crippen molar-refractivity contribution < 1.29 is 47.6 Å². The van der Waals surface area contributed by atoms with Gasteiger partial charge in [0.1, 0.15) is 16.6 Å². The Kier molecular flexibility index (Phi) is 14.5. The lowest BCUT2D eigenvalue weighted by Crippen LogP contribution is -2.60. The highest BCUT2D eigenvalue weighted by Crippen LogP contribution is 2.32. The smallest absolute Gasteiger partial charge is 0.305 e. The van der Waals surface area contributed by atoms with Crippen molar-refractivity contribution in [3.8, 4) is 0 Å². The number of hydrogen-bond donors (Lipinski definition) is 0. The second kappa shape index (κ2) is 16.2. The van der Waals surface area contributed by atoms with E-state index >= 15 is 0 Å². The van der Waals surface area contributed by atoms with E-state index in [0.29, 0.717) is 13.0 Å². The Bertz CT molecular complexity index is 641. The lowest BCUT2D eigenvalue weighted by Gasteiger charge is -2.43. The fourth-order valence-electron chi connectivity index (χ4n) is 3.38. The molecule has 0 saturated carbocycles. The zero-order chi connectivity index (χ0) is 24.8. The van der Waals surface area contributed by atoms with Crippen molar-refractivity contribution >= 4 is 46.5 Å². The van der Waals surface area contributed by atoms with Gasteiger partial charge in [-0.05, 0) is 12.8 Å². The third-order valence-corrected chi connectivity index (χ3v) is 6.21. The molecule has 10 nitrogen and oxygen atoms in total. The molecule has 190 valence electrons. The van der Waals surface area contributed by atoms with Crippen molar-refractivity contribution in [1.29, 1.82) is 0 Å². The Morgan fingerprint density at radius 2 is 1.39 bits per heavy atom. The third-order valence-electron chi connectivity index (χ3n) is 4.91. The summed E-state index contributed by atoms with van der Waals surface area (Å²) in [6.45, 7) is 4.04. The van der Waals surface area contributed by atoms with E-state index in [1.165, 1.54) is 27.9 Å². The molecule has 11 heteroatoms. The van der Waals surface area contributed by atoms with Crippen molar-refractivity contribution in [2.24, 2.45) is 0 Å². The summed E-state index contributed by atoms with van der Waals surface area (Å²) in [5.74, 6) is -1.79. The van der Waals surface area contributed by atoms with Gasteiger partial charge in [0.2, 0.25) is 0 Å². The van der Waals surface area contributed by atoms with Crippen LogP contribution in [0, 0.1) is 0 Å². The van der Waals surface area contributed by atoms with Gasteiger partial charge in [-0.1, -0.05) is 48.3 Å². The first-order chi connectivity index (χ1) is 15.6. The van der Waals surface area contributed by atoms with Gasteiger partial charge in [0.15, 0.2) is 18.5 Å². The summed E-state index contributed by atoms with van der Waals surface area (Å²) in [7, 11) is 1.39. The summed E-state index contributed by atoms with van der Waals surface area (Å²) in [5.41, 5.74) is 0. The fourth-order valence-corrected chi connectivity index (χ4v) is 4.31. The van der Waals surface area contributed by atoms with Crippen LogP contribution in [0.2, 0.25) is 0 Å². The van der Waals surface area contributed by atoms with Crippen LogP contribution >= 0.6 is 22.6 Å². The number of rotatable bonds is 14. The van der Waals surface area contributed by atoms with Crippen molar-refractivity contribution in [2.75, 3.05) is 20.3 Å². The number of ether oxygens (including phenoxy) is 6. The molecule has 1 aliphatic heterocycles. The minimum absolute atomic E-state index is 0.167. The maximum Gasteiger partial charge on any atom is 0.305 e. The van der Waals surface area contributed by atoms with Crippen molar-refractivity contribution in [3.05, 3.63) is 0 Å². The number of unbranched alkanes of at least 4 members (excludes halogenated alkanes) is 5. The molecule has 0 bridgehead atoms. The Balaban J connectivity index is 2.57. The lowest BCUT2D eigenvalue weighted by molar-refractivity contribution is -0.260. The normalized spacial score (nSPS) is 24.6. The average Bonchev–Trinajstić information content (AvgIpc) is 2.74. The molecule has 1 fully saturated rings. The summed E-state index contributed by atoms with van der Waals surface area (Å²) in [5, 5.41) is 0. The van der Waals surface area contributed by atoms with E-state index in [0.717, 1.165) is 38.5 Å². The minimum atomic E-state index is -0.933. The topological polar surface area (TPSA) is 124 Å². The van der Waals surface area contributed by atoms with Gasteiger partial charge in [0.25, 0.3) is 0 Å². The van der Waals surface area contributed by atoms with Crippen LogP contribution < -0.4 is 0 Å². The van der Waals surface area contributed by atoms with Crippen LogP contribution in [0.3, 0.4) is 0 Å². The third kappa shape index (κ3) is 12.0. The summed E-state index contributed by atoms with van der Waals surface area (Å²) in [4.78, 5) is 45.7. The molecule has 33 heavy (non-hydrogen) atoms. The summed E-state index contributed by atoms with van der Waals surface area (Å²) in [6, 6.07) is 0. The van der Waals surface area contributed by atoms with Gasteiger partial charge in [-0.15, -0.1) is 0 Å². The van der Waals surface area contributed by atoms with Crippen LogP contribution in [0.5, 0.6) is 0 Å². The van der Waals surface area contributed by atoms with E-state index in [9.17, 15) is 19.2 Å². The molecule has 0 aromatic rings. The molecule has 0 aromatic carbocycles. The zero-order valence-corrected chi connectivity index (χ0v) is 21.9. The van der Waals surface area contributed by atoms with Crippen LogP contribution in [-0.2, 0) is 47.6 Å². The van der Waals surface area contributed by atoms with Gasteiger partial charge in [-0.3, -0.25) is 19.2 Å². The molecule has 0 aromatic heterocycles. The molecule has 1 aliphatic rings. The predicted molar refractivity (Wildman–Crippen MR) is 124 cm³/mol. The number of hydrogen-bond acceptors (Lipinski definition) is 10. The van der Waals surface area contributed by atoms with Crippen molar-refractivity contribution in [1.82, 2.24) is 0 Å². The molecule has 0 N–H and O–H groups in total. The quantitative estimate of drug-likeness (QED) is 0.0987. The molecule has 1 heterocycles. The van der Waals surface area contributed by atoms with Crippen LogP contribution in [0.4, 0.5) is 0 Å². The molecule has 5 atom stereocenters. The largest absolute Gasteiger partial charge is 0.469 e. The standard InChI is InChI=1S/C22H35IO10/c1-14(24)30-13-17-20(31-15(2)25)21(32-16(3)26)19(23)22(33-17)29-12-10-8-6-5-7-9-11-18(27)28-4/h17,19-22H,5-13H2,1-4H3/t17-,19+,20-,21-,22+/m1/s1. The monoisotopic (exact) mass is 586 g/mol. The second-order valence-corrected chi connectivity index (χ2v) is 9.19. The molecule has 0 radical (unpaired) electrons. The second-order valence-electron chi connectivity index (χ2n) is 7.76. The van der Waals surface area contributed by atoms with Crippen molar-refractivity contribution in [3.63, 3.8) is 0 Å². The summed E-state index contributed by atoms with van der Waals surface area (Å²) >= 11 is 2.06. The van der Waals surface area contributed by atoms with Gasteiger partial charge in [-0.2, -0.15) is 0 Å². The lowest BCUT2D eigenvalue weighted by atomic mass is 10.0. The number of carbonyl (C=O) groups excluding carboxylic acids is 4. The highest BCUT2D eigenvalue weighted by Gasteiger charge is 2.49. The first kappa shape index (κ1) is 29.6. The van der Waals surface area contributed by atoms with E-state index in [-0.39, 0.29) is 12.6 Å². The van der Waals surface area contributed by atoms with Crippen molar-refractivity contribution in [2.45, 2.75) is 94.2 Å². The predicted octanol–water partition coefficient (Wildman–Crippen LogP) is 2.86. The van der Waals surface area contributed by atoms with E-state index in [4.69, 9.17) is 23.7 Å². The maximum absolute atomic E-state index is 11.7. The Morgan fingerprint density at radius 3 is 1.97 bits per heavy atom. The number of methoxy groups -OCH3 is 1. The van der Waals surface area contributed by atoms with E-state index < -0.39 is 46.4 Å². The first-order valence-corrected chi connectivity index (χ1v) is 12.4. The number of alkyl halides is 1. The molecule has 0 unspecified atom stereocenters. The van der Waals surface area contributed by atoms with Gasteiger partial charge >= 0.3 is 23.9 Å². The van der Waals surface area contributed by atoms with Crippen LogP contribution in [0.25, 0.3) is 0 Å². The zero-order valence-electron chi connectivity index (χ0n) is 19.7. The highest BCUT2D eigenvalue weighted by molar-refractivity contribution is 14.1. The van der Waals surface area contributed by atoms with Crippen LogP contribution in [-0.4, -0.2) is 72.7 Å². The Morgan fingerprint density at radius 1 is 0.818 bits per heavy atom. The molecule has 0 spiro atoms. The van der Waals surface area contributed by atoms with Gasteiger partial charge in [-0.25, -0.2) is 0 Å². The van der Waals surface area contributed by atoms with E-state index in [2.05, 4.69) is 27.3 Å². The van der Waals surface area contributed by atoms with Gasteiger partial charge < -0.3 is 28.4 Å². The maximum atomic E-state index is 11.7. The van der Waals surface area contributed by atoms with E-state index in [1.807, 2.05) is 0 Å². The van der Waals surface area contributed by atoms with E-state index in [1.54, 1.807) is 0 Å². The molecule has 1 rings (SSSR count). The van der Waals surface area contributed by atoms with Crippen LogP contribution in [0.15, 0.2) is 0 Å². The number of esters is 4. The van der Waals surface area contributed by atoms with Crippen LogP contribution in [0.1, 0.15) is 65.7 Å². The Hall–Kier alpha value is -1.47. The number of halogens is 1. The highest BCUT2D eigenvalue weighted by atomic mass is 127. The molecule has 1 saturated heterocycles. The number of carbonyl (C=O) groups is 4.